The summed E-state index contributed by atoms with van der Waals surface area (Å²) < 4.78 is 42.8. The topological polar surface area (TPSA) is 67.5 Å². The molecule has 0 fully saturated rings. The first-order valence-electron chi connectivity index (χ1n) is 5.84. The van der Waals surface area contributed by atoms with E-state index < -0.39 is 11.7 Å². The van der Waals surface area contributed by atoms with Crippen molar-refractivity contribution >= 4 is 11.4 Å². The Bertz CT molecular complexity index is 397. The number of hydrogen-bond acceptors (Lipinski definition) is 4. The van der Waals surface area contributed by atoms with Crippen LogP contribution in [0, 0.1) is 0 Å². The number of alkyl halides is 3. The Morgan fingerprint density at radius 3 is 2.63 bits per heavy atom. The summed E-state index contributed by atoms with van der Waals surface area (Å²) in [6.45, 7) is 1.14. The summed E-state index contributed by atoms with van der Waals surface area (Å²) in [5, 5.41) is 11.3. The summed E-state index contributed by atoms with van der Waals surface area (Å²) in [7, 11) is 0. The highest BCUT2D eigenvalue weighted by molar-refractivity contribution is 5.58. The van der Waals surface area contributed by atoms with Gasteiger partial charge in [-0.2, -0.15) is 13.2 Å². The summed E-state index contributed by atoms with van der Waals surface area (Å²) in [6.07, 6.45) is -3.82. The maximum atomic E-state index is 12.6. The first kappa shape index (κ1) is 15.6. The largest absolute Gasteiger partial charge is 0.418 e. The molecule has 0 aromatic heterocycles. The lowest BCUT2D eigenvalue weighted by Gasteiger charge is -2.13. The molecule has 4 nitrogen and oxygen atoms in total. The number of nitrogens with one attached hydrogen (secondary N) is 1. The van der Waals surface area contributed by atoms with Crippen LogP contribution in [0.1, 0.15) is 12.0 Å². The Labute approximate surface area is 109 Å². The monoisotopic (exact) mass is 278 g/mol. The van der Waals surface area contributed by atoms with Crippen LogP contribution >= 0.6 is 0 Å². The normalized spacial score (nSPS) is 11.6. The molecule has 0 saturated carbocycles. The first-order valence-corrected chi connectivity index (χ1v) is 5.84. The van der Waals surface area contributed by atoms with E-state index in [4.69, 9.17) is 15.6 Å². The fourth-order valence-electron chi connectivity index (χ4n) is 1.49. The molecule has 0 aliphatic heterocycles. The van der Waals surface area contributed by atoms with Crippen LogP contribution in [-0.2, 0) is 10.9 Å². The van der Waals surface area contributed by atoms with Crippen molar-refractivity contribution in [1.29, 1.82) is 0 Å². The van der Waals surface area contributed by atoms with Crippen LogP contribution in [0.3, 0.4) is 0 Å². The van der Waals surface area contributed by atoms with Crippen molar-refractivity contribution in [2.75, 3.05) is 37.4 Å². The van der Waals surface area contributed by atoms with Crippen LogP contribution in [0.25, 0.3) is 0 Å². The van der Waals surface area contributed by atoms with E-state index in [0.717, 1.165) is 6.07 Å². The molecule has 0 aliphatic rings. The zero-order valence-corrected chi connectivity index (χ0v) is 10.3. The van der Waals surface area contributed by atoms with Gasteiger partial charge in [-0.1, -0.05) is 0 Å². The van der Waals surface area contributed by atoms with Crippen molar-refractivity contribution < 1.29 is 23.0 Å². The van der Waals surface area contributed by atoms with Crippen LogP contribution in [0.2, 0.25) is 0 Å². The van der Waals surface area contributed by atoms with Crippen molar-refractivity contribution in [1.82, 2.24) is 0 Å². The number of aliphatic hydroxyl groups excluding tert-OH is 1. The van der Waals surface area contributed by atoms with Gasteiger partial charge in [0.1, 0.15) is 0 Å². The van der Waals surface area contributed by atoms with Gasteiger partial charge in [0, 0.05) is 24.5 Å². The van der Waals surface area contributed by atoms with Gasteiger partial charge in [-0.25, -0.2) is 0 Å². The Hall–Kier alpha value is -1.47. The van der Waals surface area contributed by atoms with Gasteiger partial charge in [0.15, 0.2) is 0 Å². The Kier molecular flexibility index (Phi) is 5.91. The standard InChI is InChI=1S/C12H17F3N2O2/c13-12(14,15)10-8-9(2-3-11(10)16)17-4-1-6-19-7-5-18/h2-3,8,17-18H,1,4-7,16H2. The van der Waals surface area contributed by atoms with Crippen LogP contribution in [0.4, 0.5) is 24.5 Å². The third kappa shape index (κ3) is 5.35. The molecule has 0 spiro atoms. The van der Waals surface area contributed by atoms with Crippen LogP contribution < -0.4 is 11.1 Å². The minimum atomic E-state index is -4.45. The molecule has 7 heteroatoms. The molecule has 0 amide bonds. The number of nitrogens with two attached hydrogens (primary N) is 1. The number of benzene rings is 1. The van der Waals surface area contributed by atoms with Crippen molar-refractivity contribution in [3.8, 4) is 0 Å². The molecule has 0 radical (unpaired) electrons. The molecule has 0 atom stereocenters. The van der Waals surface area contributed by atoms with E-state index in [1.165, 1.54) is 12.1 Å². The molecular formula is C12H17F3N2O2. The molecule has 0 unspecified atom stereocenters. The zero-order valence-electron chi connectivity index (χ0n) is 10.3. The lowest BCUT2D eigenvalue weighted by atomic mass is 10.1. The molecular weight excluding hydrogens is 261 g/mol. The summed E-state index contributed by atoms with van der Waals surface area (Å²) in [5.74, 6) is 0. The van der Waals surface area contributed by atoms with E-state index in [2.05, 4.69) is 5.32 Å². The second-order valence-electron chi connectivity index (χ2n) is 3.92. The molecule has 108 valence electrons. The van der Waals surface area contributed by atoms with Crippen LogP contribution in [0.5, 0.6) is 0 Å². The predicted octanol–water partition coefficient (Wildman–Crippen LogP) is 2.10. The van der Waals surface area contributed by atoms with Gasteiger partial charge < -0.3 is 20.9 Å². The minimum absolute atomic E-state index is 0.0413. The van der Waals surface area contributed by atoms with E-state index in [0.29, 0.717) is 25.3 Å². The lowest BCUT2D eigenvalue weighted by Crippen LogP contribution is -2.11. The maximum Gasteiger partial charge on any atom is 0.418 e. The van der Waals surface area contributed by atoms with Crippen molar-refractivity contribution in [2.45, 2.75) is 12.6 Å². The Morgan fingerprint density at radius 2 is 2.00 bits per heavy atom. The smallest absolute Gasteiger partial charge is 0.398 e. The number of nitrogen functional groups attached to an aromatic ring is 1. The molecule has 0 heterocycles. The molecule has 0 saturated heterocycles. The van der Waals surface area contributed by atoms with Crippen molar-refractivity contribution in [3.63, 3.8) is 0 Å². The SMILES string of the molecule is Nc1ccc(NCCCOCCO)cc1C(F)(F)F. The van der Waals surface area contributed by atoms with E-state index >= 15 is 0 Å². The number of aliphatic hydroxyl groups is 1. The average molecular weight is 278 g/mol. The van der Waals surface area contributed by atoms with E-state index in [-0.39, 0.29) is 18.9 Å². The highest BCUT2D eigenvalue weighted by atomic mass is 19.4. The molecule has 1 aromatic rings. The average Bonchev–Trinajstić information content (AvgIpc) is 2.34. The first-order chi connectivity index (χ1) is 8.95. The summed E-state index contributed by atoms with van der Waals surface area (Å²) in [4.78, 5) is 0. The summed E-state index contributed by atoms with van der Waals surface area (Å²) in [5.41, 5.74) is 4.53. The number of hydrogen-bond donors (Lipinski definition) is 3. The quantitative estimate of drug-likeness (QED) is 0.528. The molecule has 1 aromatic carbocycles. The number of anilines is 2. The van der Waals surface area contributed by atoms with Crippen molar-refractivity contribution in [2.24, 2.45) is 0 Å². The van der Waals surface area contributed by atoms with Gasteiger partial charge in [0.25, 0.3) is 0 Å². The fourth-order valence-corrected chi connectivity index (χ4v) is 1.49. The number of rotatable bonds is 7. The molecule has 4 N–H and O–H groups in total. The zero-order chi connectivity index (χ0) is 14.3. The highest BCUT2D eigenvalue weighted by Crippen LogP contribution is 2.35. The lowest BCUT2D eigenvalue weighted by molar-refractivity contribution is -0.136. The van der Waals surface area contributed by atoms with E-state index in [1.54, 1.807) is 0 Å². The summed E-state index contributed by atoms with van der Waals surface area (Å²) >= 11 is 0. The third-order valence-corrected chi connectivity index (χ3v) is 2.39. The second-order valence-corrected chi connectivity index (χ2v) is 3.92. The predicted molar refractivity (Wildman–Crippen MR) is 66.9 cm³/mol. The summed E-state index contributed by atoms with van der Waals surface area (Å²) in [6, 6.07) is 3.72. The minimum Gasteiger partial charge on any atom is -0.398 e. The highest BCUT2D eigenvalue weighted by Gasteiger charge is 2.33. The fraction of sp³-hybridized carbons (Fsp3) is 0.500. The van der Waals surface area contributed by atoms with Gasteiger partial charge in [-0.15, -0.1) is 0 Å². The van der Waals surface area contributed by atoms with Gasteiger partial charge >= 0.3 is 6.18 Å². The maximum absolute atomic E-state index is 12.6. The van der Waals surface area contributed by atoms with Gasteiger partial charge in [0.2, 0.25) is 0 Å². The van der Waals surface area contributed by atoms with Gasteiger partial charge in [-0.05, 0) is 24.6 Å². The van der Waals surface area contributed by atoms with E-state index in [9.17, 15) is 13.2 Å². The van der Waals surface area contributed by atoms with Crippen LogP contribution in [0.15, 0.2) is 18.2 Å². The van der Waals surface area contributed by atoms with Gasteiger partial charge in [-0.3, -0.25) is 0 Å². The molecule has 1 rings (SSSR count). The third-order valence-electron chi connectivity index (χ3n) is 2.39. The molecule has 0 aliphatic carbocycles. The van der Waals surface area contributed by atoms with Gasteiger partial charge in [0.05, 0.1) is 18.8 Å². The molecule has 0 bridgehead atoms. The van der Waals surface area contributed by atoms with Crippen molar-refractivity contribution in [3.05, 3.63) is 23.8 Å². The molecule has 19 heavy (non-hydrogen) atoms. The number of ether oxygens (including phenoxy) is 1. The second kappa shape index (κ2) is 7.20. The Balaban J connectivity index is 2.47. The Morgan fingerprint density at radius 1 is 1.26 bits per heavy atom. The van der Waals surface area contributed by atoms with E-state index in [1.807, 2.05) is 0 Å². The number of halogens is 3. The van der Waals surface area contributed by atoms with Crippen LogP contribution in [-0.4, -0.2) is 31.5 Å².